The Bertz CT molecular complexity index is 1110. The third-order valence-corrected chi connectivity index (χ3v) is 26.4. The Labute approximate surface area is 474 Å². The van der Waals surface area contributed by atoms with Crippen molar-refractivity contribution in [2.75, 3.05) is 39.6 Å². The molecule has 0 bridgehead atoms. The van der Waals surface area contributed by atoms with E-state index in [0.29, 0.717) is 39.6 Å². The average molecular weight is 1160 g/mol. The summed E-state index contributed by atoms with van der Waals surface area (Å²) in [5.74, 6) is -0.922. The number of hydrogen-bond acceptors (Lipinski definition) is 14. The number of hydrogen-bond donors (Lipinski definition) is 0. The summed E-state index contributed by atoms with van der Waals surface area (Å²) in [5, 5.41) is -1.65. The van der Waals surface area contributed by atoms with Gasteiger partial charge in [0.05, 0.1) is 39.6 Å². The number of ether oxygens (including phenoxy) is 4. The number of rotatable bonds is 57. The molecule has 0 aliphatic heterocycles. The summed E-state index contributed by atoms with van der Waals surface area (Å²) < 4.78 is 35.6. The van der Waals surface area contributed by atoms with Gasteiger partial charge in [0.1, 0.15) is 21.0 Å². The minimum absolute atomic E-state index is 0.231. The highest BCUT2D eigenvalue weighted by atomic mass is 33.1. The van der Waals surface area contributed by atoms with Gasteiger partial charge in [-0.05, 0) is 66.2 Å². The molecule has 0 aromatic rings. The molecular weight excluding hydrogens is 1050 g/mol. The van der Waals surface area contributed by atoms with Gasteiger partial charge < -0.3 is 28.0 Å². The molecule has 74 heavy (non-hydrogen) atoms. The van der Waals surface area contributed by atoms with Crippen LogP contribution in [-0.4, -0.2) is 84.5 Å². The van der Waals surface area contributed by atoms with Gasteiger partial charge in [0.2, 0.25) is 0 Å². The van der Waals surface area contributed by atoms with Crippen molar-refractivity contribution in [3.05, 3.63) is 0 Å². The number of carbonyl (C=O) groups excluding carboxylic acids is 4. The first-order valence-corrected chi connectivity index (χ1v) is 38.7. The van der Waals surface area contributed by atoms with E-state index in [2.05, 4.69) is 27.7 Å². The molecule has 4 atom stereocenters. The molecular formula is C58H112O10P2S4. The molecule has 0 aliphatic carbocycles. The maximum Gasteiger partial charge on any atom is 0.319 e. The van der Waals surface area contributed by atoms with Crippen LogP contribution in [0.3, 0.4) is 0 Å². The quantitative estimate of drug-likeness (QED) is 0.0248. The highest BCUT2D eigenvalue weighted by Gasteiger charge is 2.29. The molecule has 0 aliphatic rings. The summed E-state index contributed by atoms with van der Waals surface area (Å²) in [6.07, 6.45) is 41.5. The van der Waals surface area contributed by atoms with E-state index in [1.807, 2.05) is 27.7 Å². The Morgan fingerprint density at radius 1 is 0.270 bits per heavy atom. The van der Waals surface area contributed by atoms with E-state index < -0.39 is 34.1 Å². The van der Waals surface area contributed by atoms with Crippen molar-refractivity contribution in [1.29, 1.82) is 0 Å². The highest BCUT2D eigenvalue weighted by molar-refractivity contribution is 8.87. The third kappa shape index (κ3) is 48.0. The molecule has 0 saturated heterocycles. The zero-order valence-electron chi connectivity index (χ0n) is 48.6. The van der Waals surface area contributed by atoms with E-state index in [1.165, 1.54) is 200 Å². The van der Waals surface area contributed by atoms with E-state index in [9.17, 15) is 19.2 Å². The van der Waals surface area contributed by atoms with Gasteiger partial charge in [0.15, 0.2) is 13.1 Å². The van der Waals surface area contributed by atoms with Crippen LogP contribution in [0.25, 0.3) is 0 Å². The first kappa shape index (κ1) is 74.1. The first-order valence-electron chi connectivity index (χ1n) is 30.2. The molecule has 10 nitrogen and oxygen atoms in total. The Hall–Kier alpha value is 0.0600. The molecule has 0 aromatic carbocycles. The van der Waals surface area contributed by atoms with Crippen molar-refractivity contribution >= 4 is 82.5 Å². The van der Waals surface area contributed by atoms with Crippen molar-refractivity contribution in [1.82, 2.24) is 0 Å². The molecule has 0 amide bonds. The summed E-state index contributed by atoms with van der Waals surface area (Å²) in [6.45, 7) is 16.8. The average Bonchev–Trinajstić information content (AvgIpc) is 3.39. The fraction of sp³-hybridized carbons (Fsp3) is 0.931. The van der Waals surface area contributed by atoms with E-state index in [1.54, 1.807) is 0 Å². The van der Waals surface area contributed by atoms with E-state index in [0.717, 1.165) is 77.0 Å². The Balaban J connectivity index is 5.21. The lowest BCUT2D eigenvalue weighted by atomic mass is 10.1. The molecule has 16 heteroatoms. The van der Waals surface area contributed by atoms with Gasteiger partial charge in [-0.2, -0.15) is 0 Å². The van der Waals surface area contributed by atoms with Crippen LogP contribution in [0.5, 0.6) is 0 Å². The van der Waals surface area contributed by atoms with Crippen LogP contribution in [0.2, 0.25) is 0 Å². The van der Waals surface area contributed by atoms with E-state index >= 15 is 0 Å². The van der Waals surface area contributed by atoms with Crippen LogP contribution in [-0.2, 0) is 47.2 Å². The van der Waals surface area contributed by atoms with Gasteiger partial charge in [0.25, 0.3) is 0 Å². The van der Waals surface area contributed by atoms with E-state index in [4.69, 9.17) is 28.0 Å². The first-order chi connectivity index (χ1) is 36.0. The predicted octanol–water partition coefficient (Wildman–Crippen LogP) is 20.3. The van der Waals surface area contributed by atoms with Crippen molar-refractivity contribution in [3.63, 3.8) is 0 Å². The van der Waals surface area contributed by atoms with Gasteiger partial charge in [-0.3, -0.25) is 19.2 Å². The second-order valence-electron chi connectivity index (χ2n) is 20.1. The molecule has 0 fully saturated rings. The smallest absolute Gasteiger partial charge is 0.319 e. The van der Waals surface area contributed by atoms with Gasteiger partial charge in [-0.25, -0.2) is 0 Å². The fourth-order valence-electron chi connectivity index (χ4n) is 7.80. The van der Waals surface area contributed by atoms with Crippen LogP contribution >= 0.6 is 58.6 Å². The molecule has 0 spiro atoms. The van der Waals surface area contributed by atoms with Gasteiger partial charge in [-0.15, -0.1) is 0 Å². The Morgan fingerprint density at radius 2 is 0.432 bits per heavy atom. The lowest BCUT2D eigenvalue weighted by molar-refractivity contribution is -0.143. The van der Waals surface area contributed by atoms with E-state index in [-0.39, 0.29) is 23.9 Å². The number of carbonyl (C=O) groups is 4. The van der Waals surface area contributed by atoms with Crippen molar-refractivity contribution in [2.45, 2.75) is 308 Å². The maximum absolute atomic E-state index is 13.1. The Morgan fingerprint density at radius 3 is 0.622 bits per heavy atom. The van der Waals surface area contributed by atoms with Crippen molar-refractivity contribution in [2.24, 2.45) is 0 Å². The number of esters is 4. The van der Waals surface area contributed by atoms with Gasteiger partial charge >= 0.3 is 23.9 Å². The molecule has 0 saturated carbocycles. The topological polar surface area (TPSA) is 124 Å². The van der Waals surface area contributed by atoms with Gasteiger partial charge in [0, 0.05) is 0 Å². The Kier molecular flexibility index (Phi) is 56.4. The third-order valence-electron chi connectivity index (χ3n) is 12.7. The van der Waals surface area contributed by atoms with Crippen LogP contribution in [0.1, 0.15) is 287 Å². The molecule has 0 rings (SSSR count). The van der Waals surface area contributed by atoms with Crippen molar-refractivity contribution < 1.29 is 47.2 Å². The fourth-order valence-corrected chi connectivity index (χ4v) is 21.9. The molecule has 0 radical (unpaired) electrons. The zero-order chi connectivity index (χ0) is 54.5. The minimum atomic E-state index is -1.22. The minimum Gasteiger partial charge on any atom is -0.465 e. The van der Waals surface area contributed by atoms with Crippen LogP contribution in [0.15, 0.2) is 0 Å². The largest absolute Gasteiger partial charge is 0.465 e. The standard InChI is InChI=1S/C58H112O10P2S4/c1-9-13-17-21-25-29-33-39-45-63-55(59)51(5)71-69(72-52(6)56(60)64-46-40-34-30-26-22-18-14-10-2)67-49-43-37-38-44-50-68-70(73-53(7)57(61)65-47-41-35-31-27-23-19-15-11-3)74-54(8)58(62)66-48-42-36-32-28-24-20-16-12-4/h51-54H,9-50H2,1-8H3. The monoisotopic (exact) mass is 1160 g/mol. The molecule has 438 valence electrons. The summed E-state index contributed by atoms with van der Waals surface area (Å²) in [6, 6.07) is 0. The molecule has 4 unspecified atom stereocenters. The number of unbranched alkanes of at least 4 members (excludes halogenated alkanes) is 31. The highest BCUT2D eigenvalue weighted by Crippen LogP contribution is 2.66. The molecule has 0 N–H and O–H groups in total. The normalized spacial score (nSPS) is 14.0. The SMILES string of the molecule is CCCCCCCCCCOC(=O)C(C)SP(OCCCCCCOP(SC(C)C(=O)OCCCCCCCCCC)SC(C)C(=O)OCCCCCCCCCC)SC(C)C(=O)OCCCCCCCCCC. The van der Waals surface area contributed by atoms with Crippen LogP contribution in [0, 0.1) is 0 Å². The second kappa shape index (κ2) is 56.3. The lowest BCUT2D eigenvalue weighted by Gasteiger charge is -2.22. The predicted molar refractivity (Wildman–Crippen MR) is 327 cm³/mol. The lowest BCUT2D eigenvalue weighted by Crippen LogP contribution is -2.19. The van der Waals surface area contributed by atoms with Gasteiger partial charge in [-0.1, -0.05) is 266 Å². The van der Waals surface area contributed by atoms with Crippen LogP contribution in [0.4, 0.5) is 0 Å². The molecule has 0 heterocycles. The summed E-state index contributed by atoms with van der Waals surface area (Å²) >= 11 is 5.86. The summed E-state index contributed by atoms with van der Waals surface area (Å²) in [5.41, 5.74) is 0. The molecule has 0 aromatic heterocycles. The van der Waals surface area contributed by atoms with Crippen LogP contribution < -0.4 is 0 Å². The maximum atomic E-state index is 13.1. The summed E-state index contributed by atoms with van der Waals surface area (Å²) in [4.78, 5) is 52.3. The summed E-state index contributed by atoms with van der Waals surface area (Å²) in [7, 11) is 0. The zero-order valence-corrected chi connectivity index (χ0v) is 53.7. The second-order valence-corrected chi connectivity index (χ2v) is 33.1. The van der Waals surface area contributed by atoms with Crippen molar-refractivity contribution in [3.8, 4) is 0 Å².